The van der Waals surface area contributed by atoms with Crippen molar-refractivity contribution in [2.45, 2.75) is 17.8 Å². The van der Waals surface area contributed by atoms with Crippen LogP contribution in [0.1, 0.15) is 11.8 Å². The molecular weight excluding hydrogens is 242 g/mol. The second kappa shape index (κ2) is 5.31. The van der Waals surface area contributed by atoms with Crippen molar-refractivity contribution >= 4 is 28.2 Å². The summed E-state index contributed by atoms with van der Waals surface area (Å²) >= 11 is 3.35. The third-order valence-corrected chi connectivity index (χ3v) is 4.12. The van der Waals surface area contributed by atoms with Gasteiger partial charge in [-0.3, -0.25) is 0 Å². The summed E-state index contributed by atoms with van der Waals surface area (Å²) in [7, 11) is 1.94. The van der Waals surface area contributed by atoms with E-state index < -0.39 is 0 Å². The Morgan fingerprint density at radius 2 is 2.44 bits per heavy atom. The minimum absolute atomic E-state index is 0.885. The number of aryl methyl sites for hydroxylation is 1. The monoisotopic (exact) mass is 255 g/mol. The van der Waals surface area contributed by atoms with Gasteiger partial charge in [0.05, 0.1) is 0 Å². The van der Waals surface area contributed by atoms with Crippen LogP contribution >= 0.6 is 23.1 Å². The van der Waals surface area contributed by atoms with E-state index in [0.29, 0.717) is 0 Å². The van der Waals surface area contributed by atoms with Gasteiger partial charge in [0.25, 0.3) is 0 Å². The van der Waals surface area contributed by atoms with E-state index in [1.54, 1.807) is 29.4 Å². The van der Waals surface area contributed by atoms with E-state index in [0.717, 1.165) is 22.6 Å². The van der Waals surface area contributed by atoms with E-state index in [1.807, 2.05) is 17.8 Å². The van der Waals surface area contributed by atoms with Gasteiger partial charge < -0.3 is 9.88 Å². The summed E-state index contributed by atoms with van der Waals surface area (Å²) in [6.07, 6.45) is 3.62. The molecule has 2 aromatic heterocycles. The Morgan fingerprint density at radius 1 is 1.56 bits per heavy atom. The molecule has 2 heterocycles. The number of aromatic nitrogens is 4. The summed E-state index contributed by atoms with van der Waals surface area (Å²) in [4.78, 5) is 5.52. The lowest BCUT2D eigenvalue weighted by Gasteiger charge is -1.97. The zero-order valence-electron chi connectivity index (χ0n) is 9.17. The molecule has 0 atom stereocenters. The molecule has 0 aliphatic heterocycles. The molecular formula is C9H13N5S2. The Morgan fingerprint density at radius 3 is 3.12 bits per heavy atom. The first-order valence-corrected chi connectivity index (χ1v) is 6.75. The first kappa shape index (κ1) is 11.4. The predicted molar refractivity (Wildman–Crippen MR) is 66.8 cm³/mol. The van der Waals surface area contributed by atoms with Gasteiger partial charge in [-0.15, -0.1) is 21.5 Å². The van der Waals surface area contributed by atoms with Gasteiger partial charge in [0, 0.05) is 30.4 Å². The van der Waals surface area contributed by atoms with Crippen LogP contribution in [-0.2, 0) is 12.8 Å². The minimum Gasteiger partial charge on any atom is -0.362 e. The van der Waals surface area contributed by atoms with Crippen molar-refractivity contribution in [3.8, 4) is 0 Å². The van der Waals surface area contributed by atoms with Gasteiger partial charge in [-0.1, -0.05) is 11.8 Å². The maximum Gasteiger partial charge on any atom is 0.191 e. The van der Waals surface area contributed by atoms with Crippen molar-refractivity contribution in [3.05, 3.63) is 17.4 Å². The van der Waals surface area contributed by atoms with Crippen molar-refractivity contribution in [1.29, 1.82) is 0 Å². The van der Waals surface area contributed by atoms with Crippen LogP contribution in [0.5, 0.6) is 0 Å². The second-order valence-electron chi connectivity index (χ2n) is 3.18. The van der Waals surface area contributed by atoms with Crippen molar-refractivity contribution in [1.82, 2.24) is 19.7 Å². The van der Waals surface area contributed by atoms with Gasteiger partial charge in [0.2, 0.25) is 0 Å². The molecule has 0 aliphatic carbocycles. The van der Waals surface area contributed by atoms with Crippen LogP contribution in [0.2, 0.25) is 0 Å². The average molecular weight is 255 g/mol. The SMILES string of the molecule is CCNc1ncc(CSc2nncn2C)s1. The molecule has 0 aromatic carbocycles. The van der Waals surface area contributed by atoms with E-state index in [1.165, 1.54) is 4.88 Å². The summed E-state index contributed by atoms with van der Waals surface area (Å²) in [6, 6.07) is 0. The smallest absolute Gasteiger partial charge is 0.191 e. The molecule has 7 heteroatoms. The van der Waals surface area contributed by atoms with Gasteiger partial charge in [-0.05, 0) is 6.92 Å². The van der Waals surface area contributed by atoms with Crippen LogP contribution in [0.25, 0.3) is 0 Å². The van der Waals surface area contributed by atoms with Gasteiger partial charge in [0.1, 0.15) is 6.33 Å². The lowest BCUT2D eigenvalue weighted by Crippen LogP contribution is -1.94. The fraction of sp³-hybridized carbons (Fsp3) is 0.444. The van der Waals surface area contributed by atoms with Crippen LogP contribution in [0.15, 0.2) is 17.7 Å². The molecule has 16 heavy (non-hydrogen) atoms. The van der Waals surface area contributed by atoms with Crippen LogP contribution in [0.4, 0.5) is 5.13 Å². The number of nitrogens with one attached hydrogen (secondary N) is 1. The maximum absolute atomic E-state index is 4.28. The largest absolute Gasteiger partial charge is 0.362 e. The predicted octanol–water partition coefficient (Wildman–Crippen LogP) is 2.00. The number of thiazole rings is 1. The van der Waals surface area contributed by atoms with Gasteiger partial charge >= 0.3 is 0 Å². The molecule has 0 radical (unpaired) electrons. The summed E-state index contributed by atoms with van der Waals surface area (Å²) in [6.45, 7) is 2.97. The third kappa shape index (κ3) is 2.73. The van der Waals surface area contributed by atoms with Crippen LogP contribution in [0.3, 0.4) is 0 Å². The number of nitrogens with zero attached hydrogens (tertiary/aromatic N) is 4. The van der Waals surface area contributed by atoms with E-state index in [-0.39, 0.29) is 0 Å². The van der Waals surface area contributed by atoms with Crippen LogP contribution in [-0.4, -0.2) is 26.3 Å². The second-order valence-corrected chi connectivity index (χ2v) is 5.23. The average Bonchev–Trinajstić information content (AvgIpc) is 2.86. The molecule has 2 aromatic rings. The molecule has 0 spiro atoms. The molecule has 0 unspecified atom stereocenters. The molecule has 0 saturated heterocycles. The summed E-state index contributed by atoms with van der Waals surface area (Å²) in [5.74, 6) is 0.885. The van der Waals surface area contributed by atoms with Crippen molar-refractivity contribution in [2.75, 3.05) is 11.9 Å². The molecule has 0 fully saturated rings. The molecule has 1 N–H and O–H groups in total. The highest BCUT2D eigenvalue weighted by Crippen LogP contribution is 2.25. The summed E-state index contributed by atoms with van der Waals surface area (Å²) < 4.78 is 1.91. The molecule has 0 saturated carbocycles. The highest BCUT2D eigenvalue weighted by Gasteiger charge is 2.05. The highest BCUT2D eigenvalue weighted by molar-refractivity contribution is 7.98. The number of hydrogen-bond donors (Lipinski definition) is 1. The third-order valence-electron chi connectivity index (χ3n) is 1.89. The van der Waals surface area contributed by atoms with Gasteiger partial charge in [0.15, 0.2) is 10.3 Å². The van der Waals surface area contributed by atoms with Crippen molar-refractivity contribution in [2.24, 2.45) is 7.05 Å². The fourth-order valence-electron chi connectivity index (χ4n) is 1.15. The van der Waals surface area contributed by atoms with E-state index in [4.69, 9.17) is 0 Å². The van der Waals surface area contributed by atoms with Crippen molar-refractivity contribution < 1.29 is 0 Å². The summed E-state index contributed by atoms with van der Waals surface area (Å²) in [5, 5.41) is 13.0. The Bertz CT molecular complexity index is 450. The summed E-state index contributed by atoms with van der Waals surface area (Å²) in [5.41, 5.74) is 0. The van der Waals surface area contributed by atoms with E-state index in [2.05, 4.69) is 27.4 Å². The first-order valence-electron chi connectivity index (χ1n) is 4.95. The molecule has 0 amide bonds. The number of rotatable bonds is 5. The Hall–Kier alpha value is -1.08. The lowest BCUT2D eigenvalue weighted by molar-refractivity contribution is 0.788. The maximum atomic E-state index is 4.28. The number of hydrogen-bond acceptors (Lipinski definition) is 6. The minimum atomic E-state index is 0.885. The number of anilines is 1. The molecule has 0 aliphatic rings. The quantitative estimate of drug-likeness (QED) is 0.828. The van der Waals surface area contributed by atoms with Crippen LogP contribution in [0, 0.1) is 0 Å². The zero-order chi connectivity index (χ0) is 11.4. The molecule has 0 bridgehead atoms. The first-order chi connectivity index (χ1) is 7.79. The molecule has 5 nitrogen and oxygen atoms in total. The van der Waals surface area contributed by atoms with E-state index >= 15 is 0 Å². The zero-order valence-corrected chi connectivity index (χ0v) is 10.8. The normalized spacial score (nSPS) is 10.6. The number of thioether (sulfide) groups is 1. The Balaban J connectivity index is 1.92. The fourth-order valence-corrected chi connectivity index (χ4v) is 2.94. The van der Waals surface area contributed by atoms with Gasteiger partial charge in [-0.2, -0.15) is 0 Å². The topological polar surface area (TPSA) is 55.6 Å². The Kier molecular flexibility index (Phi) is 3.79. The standard InChI is InChI=1S/C9H13N5S2/c1-3-10-8-11-4-7(16-8)5-15-9-13-12-6-14(9)2/h4,6H,3,5H2,1-2H3,(H,10,11). The molecule has 2 rings (SSSR count). The lowest BCUT2D eigenvalue weighted by atomic mass is 10.6. The van der Waals surface area contributed by atoms with Crippen molar-refractivity contribution in [3.63, 3.8) is 0 Å². The van der Waals surface area contributed by atoms with Gasteiger partial charge in [-0.25, -0.2) is 4.98 Å². The Labute approximate surface area is 102 Å². The van der Waals surface area contributed by atoms with E-state index in [9.17, 15) is 0 Å². The molecule has 86 valence electrons. The highest BCUT2D eigenvalue weighted by atomic mass is 32.2. The van der Waals surface area contributed by atoms with Crippen LogP contribution < -0.4 is 5.32 Å².